The van der Waals surface area contributed by atoms with Crippen molar-refractivity contribution >= 4 is 17.0 Å². The number of benzene rings is 1. The zero-order valence-electron chi connectivity index (χ0n) is 9.36. The summed E-state index contributed by atoms with van der Waals surface area (Å²) in [6.45, 7) is 2.77. The molecule has 1 heterocycles. The Morgan fingerprint density at radius 1 is 1.44 bits per heavy atom. The van der Waals surface area contributed by atoms with Gasteiger partial charge in [0.25, 0.3) is 0 Å². The third-order valence-corrected chi connectivity index (χ3v) is 2.94. The van der Waals surface area contributed by atoms with Crippen LogP contribution in [-0.4, -0.2) is 12.1 Å². The lowest BCUT2D eigenvalue weighted by Gasteiger charge is -2.10. The predicted octanol–water partition coefficient (Wildman–Crippen LogP) is 3.07. The molecule has 1 aromatic heterocycles. The van der Waals surface area contributed by atoms with E-state index in [2.05, 4.69) is 16.4 Å². The van der Waals surface area contributed by atoms with Gasteiger partial charge in [0, 0.05) is 5.38 Å². The summed E-state index contributed by atoms with van der Waals surface area (Å²) in [5, 5.41) is 5.35. The van der Waals surface area contributed by atoms with Crippen molar-refractivity contribution in [2.45, 2.75) is 13.5 Å². The Morgan fingerprint density at radius 2 is 2.31 bits per heavy atom. The van der Waals surface area contributed by atoms with E-state index in [1.807, 2.05) is 29.9 Å². The second-order valence-electron chi connectivity index (χ2n) is 3.54. The minimum atomic E-state index is 0.725. The van der Waals surface area contributed by atoms with Gasteiger partial charge in [-0.15, -0.1) is 11.3 Å². The molecule has 84 valence electrons. The van der Waals surface area contributed by atoms with Gasteiger partial charge in [-0.2, -0.15) is 0 Å². The quantitative estimate of drug-likeness (QED) is 0.882. The number of aromatic nitrogens is 1. The van der Waals surface area contributed by atoms with Crippen LogP contribution in [0.25, 0.3) is 0 Å². The van der Waals surface area contributed by atoms with Crippen molar-refractivity contribution in [3.63, 3.8) is 0 Å². The first-order valence-corrected chi connectivity index (χ1v) is 5.99. The molecule has 0 bridgehead atoms. The van der Waals surface area contributed by atoms with Crippen LogP contribution in [0.4, 0.5) is 5.69 Å². The fourth-order valence-corrected chi connectivity index (χ4v) is 2.01. The topological polar surface area (TPSA) is 34.1 Å². The van der Waals surface area contributed by atoms with E-state index in [9.17, 15) is 0 Å². The molecule has 0 saturated heterocycles. The van der Waals surface area contributed by atoms with Crippen molar-refractivity contribution in [1.82, 2.24) is 4.98 Å². The van der Waals surface area contributed by atoms with Crippen LogP contribution in [-0.2, 0) is 6.54 Å². The number of hydrogen-bond donors (Lipinski definition) is 1. The lowest BCUT2D eigenvalue weighted by molar-refractivity contribution is 0.416. The average molecular weight is 234 g/mol. The number of aryl methyl sites for hydroxylation is 1. The number of ether oxygens (including phenoxy) is 1. The van der Waals surface area contributed by atoms with E-state index in [0.717, 1.165) is 23.7 Å². The molecule has 0 aliphatic rings. The molecule has 4 heteroatoms. The zero-order chi connectivity index (χ0) is 11.4. The van der Waals surface area contributed by atoms with Gasteiger partial charge in [-0.25, -0.2) is 4.98 Å². The molecule has 0 unspecified atom stereocenters. The first-order chi connectivity index (χ1) is 7.79. The molecular formula is C12H14N2OS. The molecule has 2 aromatic rings. The van der Waals surface area contributed by atoms with Crippen LogP contribution in [0.1, 0.15) is 11.3 Å². The van der Waals surface area contributed by atoms with Crippen molar-refractivity contribution in [3.8, 4) is 5.75 Å². The van der Waals surface area contributed by atoms with E-state index in [4.69, 9.17) is 4.74 Å². The predicted molar refractivity (Wildman–Crippen MR) is 67.2 cm³/mol. The number of methoxy groups -OCH3 is 1. The van der Waals surface area contributed by atoms with Gasteiger partial charge >= 0.3 is 0 Å². The van der Waals surface area contributed by atoms with E-state index in [0.29, 0.717) is 0 Å². The molecule has 0 atom stereocenters. The van der Waals surface area contributed by atoms with Crippen molar-refractivity contribution in [2.75, 3.05) is 12.4 Å². The molecule has 16 heavy (non-hydrogen) atoms. The summed E-state index contributed by atoms with van der Waals surface area (Å²) < 4.78 is 5.32. The summed E-state index contributed by atoms with van der Waals surface area (Å²) in [5.41, 5.74) is 5.08. The van der Waals surface area contributed by atoms with E-state index in [1.54, 1.807) is 18.4 Å². The molecule has 0 aliphatic carbocycles. The normalized spacial score (nSPS) is 10.1. The number of thiazole rings is 1. The first kappa shape index (κ1) is 11.0. The van der Waals surface area contributed by atoms with Crippen LogP contribution in [0.5, 0.6) is 5.75 Å². The summed E-state index contributed by atoms with van der Waals surface area (Å²) in [6, 6.07) is 6.11. The van der Waals surface area contributed by atoms with Gasteiger partial charge in [-0.1, -0.05) is 6.07 Å². The van der Waals surface area contributed by atoms with Gasteiger partial charge in [0.05, 0.1) is 30.5 Å². The van der Waals surface area contributed by atoms with Crippen molar-refractivity contribution in [3.05, 3.63) is 40.3 Å². The van der Waals surface area contributed by atoms with E-state index < -0.39 is 0 Å². The highest BCUT2D eigenvalue weighted by atomic mass is 32.1. The monoisotopic (exact) mass is 234 g/mol. The molecular weight excluding hydrogens is 220 g/mol. The first-order valence-electron chi connectivity index (χ1n) is 5.05. The van der Waals surface area contributed by atoms with Crippen LogP contribution < -0.4 is 10.1 Å². The molecule has 0 amide bonds. The Balaban J connectivity index is 2.09. The summed E-state index contributed by atoms with van der Waals surface area (Å²) in [4.78, 5) is 4.22. The molecule has 2 rings (SSSR count). The summed E-state index contributed by atoms with van der Waals surface area (Å²) in [6.07, 6.45) is 0. The molecule has 1 N–H and O–H groups in total. The standard InChI is InChI=1S/C12H14N2OS/c1-9-3-4-11(12(5-9)15-2)13-6-10-7-16-8-14-10/h3-5,7-8,13H,6H2,1-2H3. The molecule has 1 aromatic carbocycles. The summed E-state index contributed by atoms with van der Waals surface area (Å²) in [7, 11) is 1.68. The largest absolute Gasteiger partial charge is 0.495 e. The van der Waals surface area contributed by atoms with Crippen LogP contribution >= 0.6 is 11.3 Å². The fourth-order valence-electron chi connectivity index (χ4n) is 1.46. The van der Waals surface area contributed by atoms with Gasteiger partial charge in [-0.05, 0) is 24.6 Å². The highest BCUT2D eigenvalue weighted by Crippen LogP contribution is 2.25. The van der Waals surface area contributed by atoms with E-state index in [-0.39, 0.29) is 0 Å². The average Bonchev–Trinajstić information content (AvgIpc) is 2.80. The highest BCUT2D eigenvalue weighted by Gasteiger charge is 2.03. The molecule has 0 saturated carbocycles. The van der Waals surface area contributed by atoms with Crippen molar-refractivity contribution < 1.29 is 4.74 Å². The maximum Gasteiger partial charge on any atom is 0.142 e. The fraction of sp³-hybridized carbons (Fsp3) is 0.250. The van der Waals surface area contributed by atoms with Crippen LogP contribution in [0.3, 0.4) is 0 Å². The maximum absolute atomic E-state index is 5.32. The number of anilines is 1. The van der Waals surface area contributed by atoms with Gasteiger partial charge in [0.1, 0.15) is 5.75 Å². The molecule has 0 aliphatic heterocycles. The number of hydrogen-bond acceptors (Lipinski definition) is 4. The van der Waals surface area contributed by atoms with Crippen LogP contribution in [0.2, 0.25) is 0 Å². The number of nitrogens with zero attached hydrogens (tertiary/aromatic N) is 1. The van der Waals surface area contributed by atoms with E-state index in [1.165, 1.54) is 5.56 Å². The lowest BCUT2D eigenvalue weighted by atomic mass is 10.2. The van der Waals surface area contributed by atoms with Crippen molar-refractivity contribution in [1.29, 1.82) is 0 Å². The van der Waals surface area contributed by atoms with Crippen LogP contribution in [0, 0.1) is 6.92 Å². The van der Waals surface area contributed by atoms with Crippen LogP contribution in [0.15, 0.2) is 29.1 Å². The highest BCUT2D eigenvalue weighted by molar-refractivity contribution is 7.07. The zero-order valence-corrected chi connectivity index (χ0v) is 10.2. The van der Waals surface area contributed by atoms with Crippen molar-refractivity contribution in [2.24, 2.45) is 0 Å². The Labute approximate surface area is 99.1 Å². The van der Waals surface area contributed by atoms with Gasteiger partial charge in [0.15, 0.2) is 0 Å². The summed E-state index contributed by atoms with van der Waals surface area (Å²) >= 11 is 1.60. The maximum atomic E-state index is 5.32. The second-order valence-corrected chi connectivity index (χ2v) is 4.26. The second kappa shape index (κ2) is 4.99. The van der Waals surface area contributed by atoms with Gasteiger partial charge < -0.3 is 10.1 Å². The van der Waals surface area contributed by atoms with E-state index >= 15 is 0 Å². The Bertz CT molecular complexity index is 454. The SMILES string of the molecule is COc1cc(C)ccc1NCc1cscn1. The molecule has 3 nitrogen and oxygen atoms in total. The minimum Gasteiger partial charge on any atom is -0.495 e. The number of rotatable bonds is 4. The van der Waals surface area contributed by atoms with Gasteiger partial charge in [-0.3, -0.25) is 0 Å². The van der Waals surface area contributed by atoms with Gasteiger partial charge in [0.2, 0.25) is 0 Å². The minimum absolute atomic E-state index is 0.725. The number of nitrogens with one attached hydrogen (secondary N) is 1. The summed E-state index contributed by atoms with van der Waals surface area (Å²) in [5.74, 6) is 0.871. The third-order valence-electron chi connectivity index (χ3n) is 2.30. The molecule has 0 radical (unpaired) electrons. The Morgan fingerprint density at radius 3 is 3.00 bits per heavy atom. The lowest BCUT2D eigenvalue weighted by Crippen LogP contribution is -2.01. The molecule has 0 spiro atoms. The smallest absolute Gasteiger partial charge is 0.142 e. The Kier molecular flexibility index (Phi) is 3.41. The molecule has 0 fully saturated rings. The third kappa shape index (κ3) is 2.52. The Hall–Kier alpha value is -1.55.